The molecule has 29 heavy (non-hydrogen) atoms. The van der Waals surface area contributed by atoms with Crippen LogP contribution in [0.2, 0.25) is 5.02 Å². The summed E-state index contributed by atoms with van der Waals surface area (Å²) in [5.41, 5.74) is 5.38. The summed E-state index contributed by atoms with van der Waals surface area (Å²) in [6.07, 6.45) is 10.3. The van der Waals surface area contributed by atoms with Crippen molar-refractivity contribution in [1.29, 1.82) is 0 Å². The number of hydrogen-bond acceptors (Lipinski definition) is 2. The van der Waals surface area contributed by atoms with E-state index in [0.717, 1.165) is 38.8 Å². The Labute approximate surface area is 174 Å². The summed E-state index contributed by atoms with van der Waals surface area (Å²) in [5, 5.41) is 3.14. The van der Waals surface area contributed by atoms with Crippen LogP contribution in [0.15, 0.2) is 83.4 Å². The van der Waals surface area contributed by atoms with Crippen molar-refractivity contribution in [2.75, 3.05) is 11.9 Å². The average molecular weight is 400 g/mol. The number of allylic oxidation sites excluding steroid dienone is 4. The van der Waals surface area contributed by atoms with Crippen LogP contribution in [0.1, 0.15) is 11.5 Å². The van der Waals surface area contributed by atoms with Gasteiger partial charge in [0.2, 0.25) is 5.58 Å². The lowest BCUT2D eigenvalue weighted by Crippen LogP contribution is -2.29. The molecule has 142 valence electrons. The lowest BCUT2D eigenvalue weighted by atomic mass is 10.00. The lowest BCUT2D eigenvalue weighted by molar-refractivity contribution is -0.651. The molecule has 0 atom stereocenters. The van der Waals surface area contributed by atoms with Crippen molar-refractivity contribution in [2.45, 2.75) is 0 Å². The van der Waals surface area contributed by atoms with E-state index in [1.54, 1.807) is 0 Å². The second kappa shape index (κ2) is 6.94. The molecule has 0 spiro atoms. The van der Waals surface area contributed by atoms with Gasteiger partial charge in [-0.3, -0.25) is 0 Å². The number of hydrogen-bond donors (Lipinski definition) is 0. The Kier molecular flexibility index (Phi) is 4.26. The van der Waals surface area contributed by atoms with Crippen LogP contribution in [0.5, 0.6) is 0 Å². The van der Waals surface area contributed by atoms with Gasteiger partial charge in [0, 0.05) is 29.5 Å². The maximum absolute atomic E-state index is 6.17. The predicted molar refractivity (Wildman–Crippen MR) is 121 cm³/mol. The number of benzene rings is 3. The van der Waals surface area contributed by atoms with Crippen molar-refractivity contribution in [1.82, 2.24) is 0 Å². The van der Waals surface area contributed by atoms with Crippen LogP contribution in [0.4, 0.5) is 5.69 Å². The standard InChI is InChI=1S/C25H20ClN2O/c1-27-15-14-18(20-12-11-19(26)16-22(20)27)7-5-9-24-28(2)25-21-8-4-3-6-17(21)10-13-23(25)29-24/h3-16H,1-2H3/q+1. The average Bonchev–Trinajstić information content (AvgIpc) is 3.06. The minimum absolute atomic E-state index is 0.738. The highest BCUT2D eigenvalue weighted by atomic mass is 35.5. The van der Waals surface area contributed by atoms with Gasteiger partial charge < -0.3 is 9.32 Å². The number of aryl methyl sites for hydroxylation is 1. The Balaban J connectivity index is 1.54. The highest BCUT2D eigenvalue weighted by Gasteiger charge is 2.19. The molecule has 1 aromatic heterocycles. The molecule has 1 aliphatic heterocycles. The summed E-state index contributed by atoms with van der Waals surface area (Å²) in [7, 11) is 4.06. The molecule has 0 saturated carbocycles. The fourth-order valence-corrected chi connectivity index (χ4v) is 4.05. The smallest absolute Gasteiger partial charge is 0.373 e. The first-order chi connectivity index (χ1) is 14.1. The van der Waals surface area contributed by atoms with Gasteiger partial charge in [0.15, 0.2) is 0 Å². The largest absolute Gasteiger partial charge is 0.398 e. The third kappa shape index (κ3) is 3.04. The van der Waals surface area contributed by atoms with Crippen LogP contribution in [-0.4, -0.2) is 7.05 Å². The molecule has 2 heterocycles. The van der Waals surface area contributed by atoms with Crippen molar-refractivity contribution < 1.29 is 8.98 Å². The Hall–Kier alpha value is -3.30. The molecule has 0 bridgehead atoms. The van der Waals surface area contributed by atoms with Gasteiger partial charge in [-0.15, -0.1) is 0 Å². The zero-order chi connectivity index (χ0) is 20.0. The van der Waals surface area contributed by atoms with Crippen LogP contribution >= 0.6 is 11.6 Å². The Morgan fingerprint density at radius 2 is 1.93 bits per heavy atom. The molecule has 4 aromatic rings. The first-order valence-electron chi connectivity index (χ1n) is 9.51. The van der Waals surface area contributed by atoms with E-state index in [1.807, 2.05) is 50.6 Å². The van der Waals surface area contributed by atoms with Crippen LogP contribution in [-0.2, 0) is 7.05 Å². The van der Waals surface area contributed by atoms with E-state index in [2.05, 4.69) is 58.0 Å². The molecule has 5 rings (SSSR count). The molecular weight excluding hydrogens is 380 g/mol. The minimum atomic E-state index is 0.738. The van der Waals surface area contributed by atoms with E-state index in [-0.39, 0.29) is 0 Å². The number of halogens is 1. The molecule has 0 aliphatic carbocycles. The summed E-state index contributed by atoms with van der Waals surface area (Å²) in [5.74, 6) is 0.807. The third-order valence-corrected chi connectivity index (χ3v) is 5.62. The van der Waals surface area contributed by atoms with E-state index in [0.29, 0.717) is 0 Å². The van der Waals surface area contributed by atoms with Crippen molar-refractivity contribution in [3.05, 3.63) is 95.5 Å². The van der Waals surface area contributed by atoms with Crippen LogP contribution in [0, 0.1) is 0 Å². The molecule has 0 fully saturated rings. The summed E-state index contributed by atoms with van der Waals surface area (Å²) >= 11 is 6.17. The fourth-order valence-electron chi connectivity index (χ4n) is 3.88. The molecule has 1 aliphatic rings. The topological polar surface area (TPSA) is 20.3 Å². The van der Waals surface area contributed by atoms with Crippen LogP contribution in [0.25, 0.3) is 33.5 Å². The second-order valence-corrected chi connectivity index (χ2v) is 7.64. The molecule has 0 amide bonds. The highest BCUT2D eigenvalue weighted by molar-refractivity contribution is 6.31. The summed E-state index contributed by atoms with van der Waals surface area (Å²) in [4.78, 5) is 2.08. The van der Waals surface area contributed by atoms with Gasteiger partial charge in [0.25, 0.3) is 5.52 Å². The number of oxazole rings is 1. The van der Waals surface area contributed by atoms with Crippen molar-refractivity contribution in [3.63, 3.8) is 0 Å². The number of fused-ring (bicyclic) bond motifs is 4. The Morgan fingerprint density at radius 3 is 2.83 bits per heavy atom. The van der Waals surface area contributed by atoms with Gasteiger partial charge in [-0.05, 0) is 41.3 Å². The van der Waals surface area contributed by atoms with Crippen LogP contribution < -0.4 is 9.47 Å². The van der Waals surface area contributed by atoms with Crippen molar-refractivity contribution >= 4 is 50.8 Å². The summed E-state index contributed by atoms with van der Waals surface area (Å²) < 4.78 is 8.20. The zero-order valence-electron chi connectivity index (χ0n) is 16.3. The van der Waals surface area contributed by atoms with E-state index in [1.165, 1.54) is 10.8 Å². The van der Waals surface area contributed by atoms with Gasteiger partial charge in [0.1, 0.15) is 7.05 Å². The minimum Gasteiger partial charge on any atom is -0.398 e. The van der Waals surface area contributed by atoms with Crippen molar-refractivity contribution in [3.8, 4) is 0 Å². The monoisotopic (exact) mass is 399 g/mol. The summed E-state index contributed by atoms with van der Waals surface area (Å²) in [6, 6.07) is 18.5. The van der Waals surface area contributed by atoms with E-state index < -0.39 is 0 Å². The summed E-state index contributed by atoms with van der Waals surface area (Å²) in [6.45, 7) is 0. The maximum atomic E-state index is 6.17. The first kappa shape index (κ1) is 17.8. The van der Waals surface area contributed by atoms with Gasteiger partial charge >= 0.3 is 5.89 Å². The molecule has 4 heteroatoms. The molecule has 3 nitrogen and oxygen atoms in total. The Morgan fingerprint density at radius 1 is 1.07 bits per heavy atom. The number of rotatable bonds is 2. The zero-order valence-corrected chi connectivity index (χ0v) is 17.0. The molecule has 0 saturated heterocycles. The molecular formula is C25H20ClN2O+. The first-order valence-corrected chi connectivity index (χ1v) is 9.89. The quantitative estimate of drug-likeness (QED) is 0.378. The third-order valence-electron chi connectivity index (χ3n) is 5.39. The van der Waals surface area contributed by atoms with Gasteiger partial charge in [-0.2, -0.15) is 4.57 Å². The maximum Gasteiger partial charge on any atom is 0.373 e. The molecule has 0 N–H and O–H groups in total. The SMILES string of the molecule is CN1C=C/C(=C\C=C\c2oc3ccc4ccccc4c3[n+]2C)c2ccc(Cl)cc21. The number of nitrogens with zero attached hydrogens (tertiary/aromatic N) is 2. The highest BCUT2D eigenvalue weighted by Crippen LogP contribution is 2.34. The van der Waals surface area contributed by atoms with E-state index in [9.17, 15) is 0 Å². The van der Waals surface area contributed by atoms with Gasteiger partial charge in [-0.25, -0.2) is 0 Å². The molecule has 0 unspecified atom stereocenters. The Bertz CT molecular complexity index is 1340. The van der Waals surface area contributed by atoms with Crippen molar-refractivity contribution in [2.24, 2.45) is 7.05 Å². The predicted octanol–water partition coefficient (Wildman–Crippen LogP) is 6.12. The number of aromatic nitrogens is 1. The molecule has 3 aromatic carbocycles. The second-order valence-electron chi connectivity index (χ2n) is 7.20. The van der Waals surface area contributed by atoms with E-state index >= 15 is 0 Å². The number of anilines is 1. The lowest BCUT2D eigenvalue weighted by Gasteiger charge is -2.23. The van der Waals surface area contributed by atoms with Gasteiger partial charge in [-0.1, -0.05) is 54.1 Å². The van der Waals surface area contributed by atoms with Crippen LogP contribution in [0.3, 0.4) is 0 Å². The van der Waals surface area contributed by atoms with E-state index in [4.69, 9.17) is 16.0 Å². The molecule has 0 radical (unpaired) electrons. The normalized spacial score (nSPS) is 15.1. The fraction of sp³-hybridized carbons (Fsp3) is 0.0800. The van der Waals surface area contributed by atoms with Gasteiger partial charge in [0.05, 0.1) is 11.5 Å².